The summed E-state index contributed by atoms with van der Waals surface area (Å²) in [5.41, 5.74) is 1.24. The third-order valence-electron chi connectivity index (χ3n) is 2.85. The minimum atomic E-state index is 0.449. The Labute approximate surface area is 97.9 Å². The first kappa shape index (κ1) is 9.90. The van der Waals surface area contributed by atoms with Gasteiger partial charge >= 0.3 is 0 Å². The van der Waals surface area contributed by atoms with Crippen LogP contribution in [0, 0.1) is 11.3 Å². The molecule has 1 aliphatic heterocycles. The van der Waals surface area contributed by atoms with E-state index in [-0.39, 0.29) is 0 Å². The van der Waals surface area contributed by atoms with Crippen LogP contribution in [0.3, 0.4) is 0 Å². The zero-order valence-corrected chi connectivity index (χ0v) is 9.18. The van der Waals surface area contributed by atoms with Crippen LogP contribution in [0.1, 0.15) is 18.5 Å². The highest BCUT2D eigenvalue weighted by Gasteiger charge is 2.18. The van der Waals surface area contributed by atoms with Crippen LogP contribution in [0.4, 0.5) is 5.95 Å². The predicted molar refractivity (Wildman–Crippen MR) is 60.2 cm³/mol. The van der Waals surface area contributed by atoms with Gasteiger partial charge < -0.3 is 14.4 Å². The van der Waals surface area contributed by atoms with E-state index in [1.54, 1.807) is 12.3 Å². The number of H-pyrrole nitrogens is 1. The molecule has 2 aromatic rings. The lowest BCUT2D eigenvalue weighted by molar-refractivity contribution is 0.430. The van der Waals surface area contributed by atoms with Crippen LogP contribution in [0.25, 0.3) is 11.5 Å². The molecule has 6 heteroatoms. The Morgan fingerprint density at radius 2 is 2.24 bits per heavy atom. The Balaban J connectivity index is 1.86. The van der Waals surface area contributed by atoms with E-state index in [1.165, 1.54) is 12.8 Å². The topological polar surface area (TPSA) is 81.7 Å². The van der Waals surface area contributed by atoms with Gasteiger partial charge in [0.15, 0.2) is 0 Å². The maximum atomic E-state index is 8.72. The molecule has 86 valence electrons. The molecule has 0 aliphatic carbocycles. The van der Waals surface area contributed by atoms with E-state index in [9.17, 15) is 0 Å². The molecular formula is C11H11N5O. The summed E-state index contributed by atoms with van der Waals surface area (Å²) < 4.78 is 5.19. The predicted octanol–water partition coefficient (Wildman–Crippen LogP) is 1.54. The van der Waals surface area contributed by atoms with Crippen molar-refractivity contribution in [1.29, 1.82) is 5.26 Å². The quantitative estimate of drug-likeness (QED) is 0.844. The van der Waals surface area contributed by atoms with E-state index >= 15 is 0 Å². The highest BCUT2D eigenvalue weighted by Crippen LogP contribution is 2.22. The minimum absolute atomic E-state index is 0.449. The summed E-state index contributed by atoms with van der Waals surface area (Å²) in [5.74, 6) is 1.09. The zero-order chi connectivity index (χ0) is 11.7. The Kier molecular flexibility index (Phi) is 2.29. The van der Waals surface area contributed by atoms with Gasteiger partial charge in [0, 0.05) is 19.3 Å². The lowest BCUT2D eigenvalue weighted by atomic mass is 10.3. The highest BCUT2D eigenvalue weighted by molar-refractivity contribution is 5.56. The molecular weight excluding hydrogens is 218 g/mol. The summed E-state index contributed by atoms with van der Waals surface area (Å²) in [6.45, 7) is 1.96. The molecule has 0 spiro atoms. The van der Waals surface area contributed by atoms with Crippen LogP contribution in [0.2, 0.25) is 0 Å². The second-order valence-electron chi connectivity index (χ2n) is 4.01. The van der Waals surface area contributed by atoms with Gasteiger partial charge in [-0.05, 0) is 24.1 Å². The number of aromatic amines is 1. The Morgan fingerprint density at radius 3 is 2.94 bits per heavy atom. The molecule has 1 fully saturated rings. The molecule has 0 atom stereocenters. The van der Waals surface area contributed by atoms with E-state index in [0.29, 0.717) is 17.5 Å². The Morgan fingerprint density at radius 1 is 1.41 bits per heavy atom. The van der Waals surface area contributed by atoms with Gasteiger partial charge in [-0.25, -0.2) is 0 Å². The Hall–Kier alpha value is -2.29. The van der Waals surface area contributed by atoms with Gasteiger partial charge in [-0.2, -0.15) is 10.2 Å². The minimum Gasteiger partial charge on any atom is -0.352 e. The number of hydrogen-bond donors (Lipinski definition) is 1. The summed E-state index contributed by atoms with van der Waals surface area (Å²) >= 11 is 0. The van der Waals surface area contributed by atoms with Crippen molar-refractivity contribution in [1.82, 2.24) is 15.1 Å². The number of aromatic nitrogens is 3. The molecule has 1 aliphatic rings. The SMILES string of the molecule is N#Cc1cc(-c2nc(N3CCCC3)no2)c[nH]1. The molecule has 2 aromatic heterocycles. The molecule has 0 radical (unpaired) electrons. The molecule has 0 amide bonds. The molecule has 0 bridgehead atoms. The van der Waals surface area contributed by atoms with Gasteiger partial charge in [0.25, 0.3) is 11.8 Å². The number of rotatable bonds is 2. The standard InChI is InChI=1S/C11H11N5O/c12-6-9-5-8(7-13-9)10-14-11(15-17-10)16-3-1-2-4-16/h5,7,13H,1-4H2. The molecule has 3 heterocycles. The van der Waals surface area contributed by atoms with Crippen LogP contribution in [-0.2, 0) is 0 Å². The Bertz CT molecular complexity index is 558. The van der Waals surface area contributed by atoms with Gasteiger partial charge in [0.1, 0.15) is 11.8 Å². The van der Waals surface area contributed by atoms with Crippen molar-refractivity contribution >= 4 is 5.95 Å². The van der Waals surface area contributed by atoms with Crippen molar-refractivity contribution in [2.75, 3.05) is 18.0 Å². The lowest BCUT2D eigenvalue weighted by Gasteiger charge is -2.09. The van der Waals surface area contributed by atoms with Crippen molar-refractivity contribution in [3.8, 4) is 17.5 Å². The maximum absolute atomic E-state index is 8.72. The summed E-state index contributed by atoms with van der Waals surface area (Å²) in [6.07, 6.45) is 4.04. The maximum Gasteiger partial charge on any atom is 0.266 e. The van der Waals surface area contributed by atoms with Crippen molar-refractivity contribution in [2.24, 2.45) is 0 Å². The van der Waals surface area contributed by atoms with Crippen LogP contribution >= 0.6 is 0 Å². The van der Waals surface area contributed by atoms with Gasteiger partial charge in [-0.3, -0.25) is 0 Å². The second kappa shape index (κ2) is 3.94. The van der Waals surface area contributed by atoms with Gasteiger partial charge in [-0.1, -0.05) is 0 Å². The summed E-state index contributed by atoms with van der Waals surface area (Å²) in [4.78, 5) is 9.26. The van der Waals surface area contributed by atoms with E-state index < -0.39 is 0 Å². The molecule has 1 saturated heterocycles. The van der Waals surface area contributed by atoms with Crippen LogP contribution in [0.5, 0.6) is 0 Å². The van der Waals surface area contributed by atoms with Crippen LogP contribution in [-0.4, -0.2) is 28.2 Å². The van der Waals surface area contributed by atoms with Crippen LogP contribution in [0.15, 0.2) is 16.8 Å². The van der Waals surface area contributed by atoms with E-state index in [0.717, 1.165) is 18.7 Å². The lowest BCUT2D eigenvalue weighted by Crippen LogP contribution is -2.18. The number of nitrogens with zero attached hydrogens (tertiary/aromatic N) is 4. The summed E-state index contributed by atoms with van der Waals surface area (Å²) in [5, 5.41) is 12.7. The van der Waals surface area contributed by atoms with Gasteiger partial charge in [0.05, 0.1) is 5.56 Å². The summed E-state index contributed by atoms with van der Waals surface area (Å²) in [7, 11) is 0. The van der Waals surface area contributed by atoms with Crippen molar-refractivity contribution < 1.29 is 4.52 Å². The fourth-order valence-corrected chi connectivity index (χ4v) is 1.96. The average Bonchev–Trinajstić information content (AvgIpc) is 3.09. The normalized spacial score (nSPS) is 15.1. The smallest absolute Gasteiger partial charge is 0.266 e. The van der Waals surface area contributed by atoms with Gasteiger partial charge in [0.2, 0.25) is 0 Å². The van der Waals surface area contributed by atoms with E-state index in [2.05, 4.69) is 20.0 Å². The first-order chi connectivity index (χ1) is 8.36. The fourth-order valence-electron chi connectivity index (χ4n) is 1.96. The molecule has 1 N–H and O–H groups in total. The number of nitrogens with one attached hydrogen (secondary N) is 1. The first-order valence-corrected chi connectivity index (χ1v) is 5.54. The van der Waals surface area contributed by atoms with E-state index in [4.69, 9.17) is 9.78 Å². The highest BCUT2D eigenvalue weighted by atomic mass is 16.5. The molecule has 0 saturated carbocycles. The summed E-state index contributed by atoms with van der Waals surface area (Å²) in [6, 6.07) is 3.72. The van der Waals surface area contributed by atoms with Gasteiger partial charge in [-0.15, -0.1) is 0 Å². The van der Waals surface area contributed by atoms with Crippen molar-refractivity contribution in [3.63, 3.8) is 0 Å². The number of anilines is 1. The van der Waals surface area contributed by atoms with E-state index in [1.807, 2.05) is 6.07 Å². The molecule has 0 unspecified atom stereocenters. The molecule has 6 nitrogen and oxygen atoms in total. The number of nitriles is 1. The van der Waals surface area contributed by atoms with Crippen molar-refractivity contribution in [3.05, 3.63) is 18.0 Å². The average molecular weight is 229 g/mol. The number of hydrogen-bond acceptors (Lipinski definition) is 5. The third kappa shape index (κ3) is 1.76. The van der Waals surface area contributed by atoms with Crippen LogP contribution < -0.4 is 4.90 Å². The molecule has 3 rings (SSSR count). The third-order valence-corrected chi connectivity index (χ3v) is 2.85. The second-order valence-corrected chi connectivity index (χ2v) is 4.01. The monoisotopic (exact) mass is 229 g/mol. The molecule has 0 aromatic carbocycles. The molecule has 17 heavy (non-hydrogen) atoms. The fraction of sp³-hybridized carbons (Fsp3) is 0.364. The largest absolute Gasteiger partial charge is 0.352 e. The first-order valence-electron chi connectivity index (χ1n) is 5.54. The zero-order valence-electron chi connectivity index (χ0n) is 9.18. The van der Waals surface area contributed by atoms with Crippen molar-refractivity contribution in [2.45, 2.75) is 12.8 Å².